The van der Waals surface area contributed by atoms with E-state index in [1.165, 1.54) is 0 Å². The second kappa shape index (κ2) is 3.96. The van der Waals surface area contributed by atoms with Crippen molar-refractivity contribution >= 4 is 22.9 Å². The Morgan fingerprint density at radius 2 is 2.33 bits per heavy atom. The lowest BCUT2D eigenvalue weighted by Gasteiger charge is -2.10. The average Bonchev–Trinajstić information content (AvgIpc) is 2.75. The average molecular weight is 242 g/mol. The molecule has 0 saturated heterocycles. The predicted molar refractivity (Wildman–Crippen MR) is 63.3 cm³/mol. The molecule has 0 aromatic carbocycles. The van der Waals surface area contributed by atoms with E-state index in [4.69, 9.17) is 17.3 Å². The normalized spacial score (nSPS) is 13.1. The van der Waals surface area contributed by atoms with Crippen molar-refractivity contribution in [1.29, 1.82) is 0 Å². The SMILES string of the molecule is Cc1csc(C(N)c2ccnn2C)c1Cl. The molecular weight excluding hydrogens is 230 g/mol. The van der Waals surface area contributed by atoms with Crippen LogP contribution in [0.15, 0.2) is 17.6 Å². The van der Waals surface area contributed by atoms with E-state index < -0.39 is 0 Å². The molecular formula is C10H12ClN3S. The Hall–Kier alpha value is -0.840. The summed E-state index contributed by atoms with van der Waals surface area (Å²) in [5.41, 5.74) is 8.19. The lowest BCUT2D eigenvalue weighted by molar-refractivity contribution is 0.678. The molecule has 80 valence electrons. The number of hydrogen-bond acceptors (Lipinski definition) is 3. The first kappa shape index (κ1) is 10.7. The van der Waals surface area contributed by atoms with Gasteiger partial charge in [-0.25, -0.2) is 0 Å². The molecule has 2 heterocycles. The molecule has 0 bridgehead atoms. The fourth-order valence-corrected chi connectivity index (χ4v) is 2.81. The fraction of sp³-hybridized carbons (Fsp3) is 0.300. The Labute approximate surface area is 97.5 Å². The number of thiophene rings is 1. The third kappa shape index (κ3) is 1.80. The van der Waals surface area contributed by atoms with Gasteiger partial charge < -0.3 is 5.73 Å². The summed E-state index contributed by atoms with van der Waals surface area (Å²) in [6, 6.07) is 1.72. The summed E-state index contributed by atoms with van der Waals surface area (Å²) in [7, 11) is 1.88. The quantitative estimate of drug-likeness (QED) is 0.878. The summed E-state index contributed by atoms with van der Waals surface area (Å²) in [6.07, 6.45) is 1.74. The van der Waals surface area contributed by atoms with Gasteiger partial charge in [-0.3, -0.25) is 4.68 Å². The topological polar surface area (TPSA) is 43.8 Å². The highest BCUT2D eigenvalue weighted by atomic mass is 35.5. The number of rotatable bonds is 2. The molecule has 0 aliphatic rings. The second-order valence-electron chi connectivity index (χ2n) is 3.45. The van der Waals surface area contributed by atoms with Crippen LogP contribution in [0.25, 0.3) is 0 Å². The van der Waals surface area contributed by atoms with Crippen LogP contribution in [0.5, 0.6) is 0 Å². The highest BCUT2D eigenvalue weighted by Crippen LogP contribution is 2.33. The van der Waals surface area contributed by atoms with E-state index in [1.807, 2.05) is 25.4 Å². The van der Waals surface area contributed by atoms with Gasteiger partial charge in [-0.2, -0.15) is 5.10 Å². The maximum atomic E-state index is 6.17. The van der Waals surface area contributed by atoms with Gasteiger partial charge in [0.15, 0.2) is 0 Å². The molecule has 0 aliphatic heterocycles. The summed E-state index contributed by atoms with van der Waals surface area (Å²) in [6.45, 7) is 1.98. The van der Waals surface area contributed by atoms with E-state index in [1.54, 1.807) is 22.2 Å². The Balaban J connectivity index is 2.41. The van der Waals surface area contributed by atoms with E-state index in [0.29, 0.717) is 0 Å². The second-order valence-corrected chi connectivity index (χ2v) is 4.74. The zero-order valence-corrected chi connectivity index (χ0v) is 10.1. The van der Waals surface area contributed by atoms with Crippen molar-refractivity contribution in [1.82, 2.24) is 9.78 Å². The largest absolute Gasteiger partial charge is 0.318 e. The molecule has 1 unspecified atom stereocenters. The van der Waals surface area contributed by atoms with Crippen molar-refractivity contribution in [3.8, 4) is 0 Å². The molecule has 0 amide bonds. The Morgan fingerprint density at radius 1 is 1.60 bits per heavy atom. The zero-order chi connectivity index (χ0) is 11.0. The fourth-order valence-electron chi connectivity index (χ4n) is 1.48. The number of aryl methyl sites for hydroxylation is 2. The first-order valence-electron chi connectivity index (χ1n) is 4.58. The van der Waals surface area contributed by atoms with Crippen LogP contribution in [-0.4, -0.2) is 9.78 Å². The van der Waals surface area contributed by atoms with E-state index in [-0.39, 0.29) is 6.04 Å². The molecule has 0 spiro atoms. The van der Waals surface area contributed by atoms with Crippen LogP contribution in [0.3, 0.4) is 0 Å². The van der Waals surface area contributed by atoms with Crippen molar-refractivity contribution in [3.63, 3.8) is 0 Å². The number of halogens is 1. The molecule has 3 nitrogen and oxygen atoms in total. The first-order chi connectivity index (χ1) is 7.11. The van der Waals surface area contributed by atoms with Crippen molar-refractivity contribution in [2.75, 3.05) is 0 Å². The highest BCUT2D eigenvalue weighted by molar-refractivity contribution is 7.10. The van der Waals surface area contributed by atoms with Gasteiger partial charge in [-0.1, -0.05) is 11.6 Å². The van der Waals surface area contributed by atoms with E-state index in [9.17, 15) is 0 Å². The van der Waals surface area contributed by atoms with E-state index in [2.05, 4.69) is 5.10 Å². The smallest absolute Gasteiger partial charge is 0.0831 e. The molecule has 0 aliphatic carbocycles. The van der Waals surface area contributed by atoms with Gasteiger partial charge in [0.25, 0.3) is 0 Å². The van der Waals surface area contributed by atoms with Crippen LogP contribution >= 0.6 is 22.9 Å². The lowest BCUT2D eigenvalue weighted by atomic mass is 10.1. The third-order valence-corrected chi connectivity index (χ3v) is 4.18. The van der Waals surface area contributed by atoms with Crippen LogP contribution in [0.1, 0.15) is 22.2 Å². The maximum Gasteiger partial charge on any atom is 0.0831 e. The van der Waals surface area contributed by atoms with E-state index in [0.717, 1.165) is 21.2 Å². The summed E-state index contributed by atoms with van der Waals surface area (Å²) in [4.78, 5) is 0.998. The number of hydrogen-bond donors (Lipinski definition) is 1. The molecule has 5 heteroatoms. The van der Waals surface area contributed by atoms with Gasteiger partial charge in [-0.15, -0.1) is 11.3 Å². The molecule has 0 radical (unpaired) electrons. The van der Waals surface area contributed by atoms with Crippen LogP contribution in [-0.2, 0) is 7.05 Å². The molecule has 2 aromatic rings. The Bertz CT molecular complexity index is 475. The molecule has 2 aromatic heterocycles. The summed E-state index contributed by atoms with van der Waals surface area (Å²) >= 11 is 7.77. The van der Waals surface area contributed by atoms with Gasteiger partial charge in [0, 0.05) is 18.1 Å². The maximum absolute atomic E-state index is 6.17. The minimum Gasteiger partial charge on any atom is -0.318 e. The van der Waals surface area contributed by atoms with Crippen LogP contribution in [0.4, 0.5) is 0 Å². The number of nitrogens with zero attached hydrogens (tertiary/aromatic N) is 2. The lowest BCUT2D eigenvalue weighted by Crippen LogP contribution is -2.15. The molecule has 0 saturated carbocycles. The van der Waals surface area contributed by atoms with Gasteiger partial charge >= 0.3 is 0 Å². The standard InChI is InChI=1S/C10H12ClN3S/c1-6-5-15-10(8(6)11)9(12)7-3-4-13-14(7)2/h3-5,9H,12H2,1-2H3. The molecule has 1 atom stereocenters. The van der Waals surface area contributed by atoms with Crippen molar-refractivity contribution in [2.45, 2.75) is 13.0 Å². The van der Waals surface area contributed by atoms with Crippen LogP contribution in [0.2, 0.25) is 5.02 Å². The third-order valence-electron chi connectivity index (χ3n) is 2.39. The summed E-state index contributed by atoms with van der Waals surface area (Å²) in [5, 5.41) is 6.89. The van der Waals surface area contributed by atoms with Crippen LogP contribution in [0, 0.1) is 6.92 Å². The van der Waals surface area contributed by atoms with Gasteiger partial charge in [0.2, 0.25) is 0 Å². The molecule has 0 fully saturated rings. The Morgan fingerprint density at radius 3 is 2.80 bits per heavy atom. The summed E-state index contributed by atoms with van der Waals surface area (Å²) < 4.78 is 1.77. The minimum atomic E-state index is -0.191. The highest BCUT2D eigenvalue weighted by Gasteiger charge is 2.18. The monoisotopic (exact) mass is 241 g/mol. The molecule has 2 rings (SSSR count). The Kier molecular flexibility index (Phi) is 2.82. The number of aromatic nitrogens is 2. The van der Waals surface area contributed by atoms with E-state index >= 15 is 0 Å². The van der Waals surface area contributed by atoms with Crippen molar-refractivity contribution in [3.05, 3.63) is 38.8 Å². The summed E-state index contributed by atoms with van der Waals surface area (Å²) in [5.74, 6) is 0. The minimum absolute atomic E-state index is 0.191. The van der Waals surface area contributed by atoms with Gasteiger partial charge in [0.05, 0.1) is 16.8 Å². The predicted octanol–water partition coefficient (Wildman–Crippen LogP) is 2.49. The van der Waals surface area contributed by atoms with Gasteiger partial charge in [0.1, 0.15) is 0 Å². The van der Waals surface area contributed by atoms with Crippen molar-refractivity contribution < 1.29 is 0 Å². The zero-order valence-electron chi connectivity index (χ0n) is 8.57. The van der Waals surface area contributed by atoms with Gasteiger partial charge in [-0.05, 0) is 23.9 Å². The van der Waals surface area contributed by atoms with Crippen molar-refractivity contribution in [2.24, 2.45) is 12.8 Å². The number of nitrogens with two attached hydrogens (primary N) is 1. The first-order valence-corrected chi connectivity index (χ1v) is 5.84. The molecule has 2 N–H and O–H groups in total. The molecule has 15 heavy (non-hydrogen) atoms. The van der Waals surface area contributed by atoms with Crippen LogP contribution < -0.4 is 5.73 Å².